The fraction of sp³-hybridized carbons (Fsp3) is 0.364. The summed E-state index contributed by atoms with van der Waals surface area (Å²) in [4.78, 5) is 0.563. The topological polar surface area (TPSA) is 35.2 Å². The molecule has 2 N–H and O–H groups in total. The fourth-order valence-electron chi connectivity index (χ4n) is 1.35. The van der Waals surface area contributed by atoms with Crippen LogP contribution >= 0.6 is 12.2 Å². The molecule has 14 heavy (non-hydrogen) atoms. The van der Waals surface area contributed by atoms with Crippen molar-refractivity contribution < 1.29 is 4.74 Å². The molecule has 0 heterocycles. The first-order valence-corrected chi connectivity index (χ1v) is 4.96. The normalized spacial score (nSPS) is 12.1. The van der Waals surface area contributed by atoms with Crippen LogP contribution in [0.25, 0.3) is 0 Å². The van der Waals surface area contributed by atoms with Gasteiger partial charge >= 0.3 is 0 Å². The van der Waals surface area contributed by atoms with E-state index in [1.54, 1.807) is 7.11 Å². The lowest BCUT2D eigenvalue weighted by Gasteiger charge is -2.11. The van der Waals surface area contributed by atoms with Gasteiger partial charge in [-0.25, -0.2) is 0 Å². The van der Waals surface area contributed by atoms with Crippen LogP contribution in [0.3, 0.4) is 0 Å². The molecule has 0 amide bonds. The highest BCUT2D eigenvalue weighted by atomic mass is 32.1. The SMILES string of the molecule is COc1ccc(C(C)CC(N)=S)cc1. The molecule has 3 heteroatoms. The minimum absolute atomic E-state index is 0.374. The maximum Gasteiger partial charge on any atom is 0.118 e. The van der Waals surface area contributed by atoms with Crippen molar-refractivity contribution in [1.29, 1.82) is 0 Å². The quantitative estimate of drug-likeness (QED) is 0.774. The largest absolute Gasteiger partial charge is 0.497 e. The average Bonchev–Trinajstić information content (AvgIpc) is 2.17. The van der Waals surface area contributed by atoms with E-state index in [1.807, 2.05) is 24.3 Å². The summed E-state index contributed by atoms with van der Waals surface area (Å²) in [5.41, 5.74) is 6.73. The molecule has 0 aliphatic rings. The number of hydrogen-bond donors (Lipinski definition) is 1. The molecule has 1 unspecified atom stereocenters. The van der Waals surface area contributed by atoms with E-state index in [0.29, 0.717) is 10.9 Å². The summed E-state index contributed by atoms with van der Waals surface area (Å²) in [5.74, 6) is 1.25. The van der Waals surface area contributed by atoms with Gasteiger partial charge in [-0.05, 0) is 23.6 Å². The Bertz CT molecular complexity index is 308. The van der Waals surface area contributed by atoms with Crippen LogP contribution in [0.2, 0.25) is 0 Å². The third-order valence-corrected chi connectivity index (χ3v) is 2.36. The second kappa shape index (κ2) is 4.96. The Kier molecular flexibility index (Phi) is 3.89. The lowest BCUT2D eigenvalue weighted by Crippen LogP contribution is -2.11. The first-order chi connectivity index (χ1) is 6.63. The molecule has 2 nitrogen and oxygen atoms in total. The van der Waals surface area contributed by atoms with Crippen LogP contribution in [0.1, 0.15) is 24.8 Å². The van der Waals surface area contributed by atoms with E-state index in [9.17, 15) is 0 Å². The van der Waals surface area contributed by atoms with Gasteiger partial charge in [0.15, 0.2) is 0 Å². The van der Waals surface area contributed by atoms with Crippen molar-refractivity contribution in [3.8, 4) is 5.75 Å². The zero-order chi connectivity index (χ0) is 10.6. The predicted octanol–water partition coefficient (Wildman–Crippen LogP) is 2.47. The highest BCUT2D eigenvalue weighted by molar-refractivity contribution is 7.80. The van der Waals surface area contributed by atoms with Crippen LogP contribution in [-0.2, 0) is 0 Å². The monoisotopic (exact) mass is 209 g/mol. The van der Waals surface area contributed by atoms with Crippen LogP contribution < -0.4 is 10.5 Å². The molecule has 0 aliphatic carbocycles. The predicted molar refractivity (Wildman–Crippen MR) is 62.8 cm³/mol. The number of methoxy groups -OCH3 is 1. The Hall–Kier alpha value is -1.09. The Morgan fingerprint density at radius 3 is 2.43 bits per heavy atom. The number of rotatable bonds is 4. The molecule has 1 aromatic rings. The second-order valence-electron chi connectivity index (χ2n) is 3.34. The molecule has 0 aliphatic heterocycles. The third kappa shape index (κ3) is 3.00. The van der Waals surface area contributed by atoms with Crippen molar-refractivity contribution in [3.05, 3.63) is 29.8 Å². The lowest BCUT2D eigenvalue weighted by atomic mass is 9.98. The van der Waals surface area contributed by atoms with Crippen molar-refractivity contribution in [1.82, 2.24) is 0 Å². The number of thiocarbonyl (C=S) groups is 1. The molecular weight excluding hydrogens is 194 g/mol. The second-order valence-corrected chi connectivity index (χ2v) is 3.87. The summed E-state index contributed by atoms with van der Waals surface area (Å²) in [5, 5.41) is 0. The first-order valence-electron chi connectivity index (χ1n) is 4.55. The van der Waals surface area contributed by atoms with E-state index in [4.69, 9.17) is 22.7 Å². The Labute approximate surface area is 90.1 Å². The van der Waals surface area contributed by atoms with E-state index < -0.39 is 0 Å². The van der Waals surface area contributed by atoms with Crippen LogP contribution in [-0.4, -0.2) is 12.1 Å². The van der Waals surface area contributed by atoms with E-state index in [2.05, 4.69) is 6.92 Å². The van der Waals surface area contributed by atoms with Crippen LogP contribution in [0.15, 0.2) is 24.3 Å². The highest BCUT2D eigenvalue weighted by Crippen LogP contribution is 2.21. The van der Waals surface area contributed by atoms with Crippen molar-refractivity contribution in [2.45, 2.75) is 19.3 Å². The summed E-state index contributed by atoms with van der Waals surface area (Å²) in [7, 11) is 1.66. The maximum atomic E-state index is 5.49. The molecule has 0 radical (unpaired) electrons. The van der Waals surface area contributed by atoms with Gasteiger partial charge in [0.25, 0.3) is 0 Å². The summed E-state index contributed by atoms with van der Waals surface area (Å²) >= 11 is 4.87. The average molecular weight is 209 g/mol. The molecule has 76 valence electrons. The molecule has 0 saturated carbocycles. The van der Waals surface area contributed by atoms with E-state index in [-0.39, 0.29) is 0 Å². The van der Waals surface area contributed by atoms with Crippen LogP contribution in [0.5, 0.6) is 5.75 Å². The maximum absolute atomic E-state index is 5.49. The number of benzene rings is 1. The van der Waals surface area contributed by atoms with Crippen LogP contribution in [0.4, 0.5) is 0 Å². The molecule has 0 saturated heterocycles. The summed E-state index contributed by atoms with van der Waals surface area (Å²) in [6.07, 6.45) is 0.752. The summed E-state index contributed by atoms with van der Waals surface area (Å²) < 4.78 is 5.08. The Morgan fingerprint density at radius 1 is 1.43 bits per heavy atom. The van der Waals surface area contributed by atoms with Gasteiger partial charge in [-0.15, -0.1) is 0 Å². The molecule has 0 aromatic heterocycles. The molecule has 1 atom stereocenters. The van der Waals surface area contributed by atoms with Gasteiger partial charge in [-0.3, -0.25) is 0 Å². The number of hydrogen-bond acceptors (Lipinski definition) is 2. The smallest absolute Gasteiger partial charge is 0.118 e. The molecule has 1 rings (SSSR count). The molecule has 1 aromatic carbocycles. The first kappa shape index (κ1) is 11.0. The van der Waals surface area contributed by atoms with Crippen molar-refractivity contribution >= 4 is 17.2 Å². The van der Waals surface area contributed by atoms with Gasteiger partial charge in [-0.2, -0.15) is 0 Å². The summed E-state index contributed by atoms with van der Waals surface area (Å²) in [6.45, 7) is 2.11. The minimum Gasteiger partial charge on any atom is -0.497 e. The Balaban J connectivity index is 2.71. The van der Waals surface area contributed by atoms with Gasteiger partial charge in [0.05, 0.1) is 12.1 Å². The van der Waals surface area contributed by atoms with Crippen molar-refractivity contribution in [3.63, 3.8) is 0 Å². The van der Waals surface area contributed by atoms with Crippen molar-refractivity contribution in [2.75, 3.05) is 7.11 Å². The number of ether oxygens (including phenoxy) is 1. The van der Waals surface area contributed by atoms with E-state index in [0.717, 1.165) is 12.2 Å². The number of nitrogens with two attached hydrogens (primary N) is 1. The van der Waals surface area contributed by atoms with Crippen LogP contribution in [0, 0.1) is 0 Å². The van der Waals surface area contributed by atoms with Crippen molar-refractivity contribution in [2.24, 2.45) is 5.73 Å². The molecule has 0 fully saturated rings. The highest BCUT2D eigenvalue weighted by Gasteiger charge is 2.06. The molecule has 0 bridgehead atoms. The van der Waals surface area contributed by atoms with E-state index >= 15 is 0 Å². The van der Waals surface area contributed by atoms with Gasteiger partial charge in [0.2, 0.25) is 0 Å². The van der Waals surface area contributed by atoms with Gasteiger partial charge in [0, 0.05) is 6.42 Å². The lowest BCUT2D eigenvalue weighted by molar-refractivity contribution is 0.414. The minimum atomic E-state index is 0.374. The zero-order valence-corrected chi connectivity index (χ0v) is 9.30. The van der Waals surface area contributed by atoms with E-state index in [1.165, 1.54) is 5.56 Å². The third-order valence-electron chi connectivity index (χ3n) is 2.19. The van der Waals surface area contributed by atoms with Gasteiger partial charge in [0.1, 0.15) is 5.75 Å². The standard InChI is InChI=1S/C11H15NOS/c1-8(7-11(12)14)9-3-5-10(13-2)6-4-9/h3-6,8H,7H2,1-2H3,(H2,12,14). The van der Waals surface area contributed by atoms with Gasteiger partial charge < -0.3 is 10.5 Å². The zero-order valence-electron chi connectivity index (χ0n) is 8.49. The molecule has 0 spiro atoms. The molecular formula is C11H15NOS. The van der Waals surface area contributed by atoms with Gasteiger partial charge in [-0.1, -0.05) is 31.3 Å². The summed E-state index contributed by atoms with van der Waals surface area (Å²) in [6, 6.07) is 7.99. The fourth-order valence-corrected chi connectivity index (χ4v) is 1.60. The Morgan fingerprint density at radius 2 is 2.00 bits per heavy atom.